The van der Waals surface area contributed by atoms with Gasteiger partial charge in [0.1, 0.15) is 5.75 Å². The highest BCUT2D eigenvalue weighted by atomic mass is 16.6. The predicted molar refractivity (Wildman–Crippen MR) is 114 cm³/mol. The Morgan fingerprint density at radius 2 is 1.83 bits per heavy atom. The van der Waals surface area contributed by atoms with Gasteiger partial charge in [0.15, 0.2) is 12.4 Å². The normalized spacial score (nSPS) is 10.8. The number of nitro groups is 1. The molecule has 0 aliphatic heterocycles. The molecule has 0 bridgehead atoms. The zero-order valence-electron chi connectivity index (χ0n) is 16.4. The number of rotatable bonds is 9. The van der Waals surface area contributed by atoms with Gasteiger partial charge in [0.05, 0.1) is 17.7 Å². The van der Waals surface area contributed by atoms with E-state index in [0.29, 0.717) is 12.4 Å². The maximum absolute atomic E-state index is 12.1. The van der Waals surface area contributed by atoms with Gasteiger partial charge in [-0.1, -0.05) is 49.4 Å². The minimum absolute atomic E-state index is 0.0194. The smallest absolute Gasteiger partial charge is 0.310 e. The third-order valence-corrected chi connectivity index (χ3v) is 4.20. The lowest BCUT2D eigenvalue weighted by atomic mass is 10.0. The second-order valence-corrected chi connectivity index (χ2v) is 6.35. The van der Waals surface area contributed by atoms with Crippen LogP contribution in [0.3, 0.4) is 0 Å². The number of amides is 1. The number of hydrogen-bond donors (Lipinski definition) is 1. The summed E-state index contributed by atoms with van der Waals surface area (Å²) in [6.45, 7) is 2.18. The summed E-state index contributed by atoms with van der Waals surface area (Å²) in [4.78, 5) is 22.5. The lowest BCUT2D eigenvalue weighted by Gasteiger charge is -2.11. The highest BCUT2D eigenvalue weighted by Gasteiger charge is 2.14. The lowest BCUT2D eigenvalue weighted by molar-refractivity contribution is -0.385. The molecule has 154 valence electrons. The van der Waals surface area contributed by atoms with Crippen molar-refractivity contribution in [1.29, 1.82) is 0 Å². The summed E-state index contributed by atoms with van der Waals surface area (Å²) < 4.78 is 11.1. The largest absolute Gasteiger partial charge is 0.493 e. The van der Waals surface area contributed by atoms with Crippen molar-refractivity contribution in [3.8, 4) is 11.5 Å². The first kappa shape index (κ1) is 20.8. The van der Waals surface area contributed by atoms with Crippen LogP contribution >= 0.6 is 0 Å². The van der Waals surface area contributed by atoms with Gasteiger partial charge in [-0.05, 0) is 29.3 Å². The number of hydrazone groups is 1. The average Bonchev–Trinajstić information content (AvgIpc) is 2.77. The van der Waals surface area contributed by atoms with Crippen LogP contribution in [0.5, 0.6) is 11.5 Å². The minimum atomic E-state index is -0.566. The predicted octanol–water partition coefficient (Wildman–Crippen LogP) is 4.07. The Hall–Kier alpha value is -3.94. The molecule has 0 spiro atoms. The third kappa shape index (κ3) is 5.11. The number of carbonyl (C=O) groups is 1. The molecule has 0 saturated carbocycles. The molecule has 8 nitrogen and oxygen atoms in total. The zero-order chi connectivity index (χ0) is 21.3. The molecule has 0 aromatic heterocycles. The van der Waals surface area contributed by atoms with Crippen molar-refractivity contribution < 1.29 is 19.2 Å². The number of para-hydroxylation sites is 2. The molecule has 1 amide bonds. The van der Waals surface area contributed by atoms with Crippen molar-refractivity contribution >= 4 is 28.6 Å². The first-order valence-corrected chi connectivity index (χ1v) is 9.43. The van der Waals surface area contributed by atoms with E-state index < -0.39 is 17.4 Å². The molecule has 3 rings (SSSR count). The molecule has 0 fully saturated rings. The first-order valence-electron chi connectivity index (χ1n) is 9.43. The number of hydrogen-bond acceptors (Lipinski definition) is 6. The van der Waals surface area contributed by atoms with Crippen molar-refractivity contribution in [2.75, 3.05) is 13.2 Å². The van der Waals surface area contributed by atoms with E-state index in [1.165, 1.54) is 24.4 Å². The van der Waals surface area contributed by atoms with E-state index >= 15 is 0 Å². The quantitative estimate of drug-likeness (QED) is 0.327. The molecular weight excluding hydrogens is 386 g/mol. The Bertz CT molecular complexity index is 1080. The maximum Gasteiger partial charge on any atom is 0.310 e. The fraction of sp³-hybridized carbons (Fsp3) is 0.182. The van der Waals surface area contributed by atoms with Gasteiger partial charge < -0.3 is 9.47 Å². The van der Waals surface area contributed by atoms with Gasteiger partial charge in [0.25, 0.3) is 5.91 Å². The third-order valence-electron chi connectivity index (χ3n) is 4.20. The van der Waals surface area contributed by atoms with Gasteiger partial charge in [0.2, 0.25) is 0 Å². The first-order chi connectivity index (χ1) is 14.6. The van der Waals surface area contributed by atoms with E-state index in [0.717, 1.165) is 22.8 Å². The van der Waals surface area contributed by atoms with Gasteiger partial charge in [-0.3, -0.25) is 14.9 Å². The summed E-state index contributed by atoms with van der Waals surface area (Å²) in [6.07, 6.45) is 2.39. The topological polar surface area (TPSA) is 103 Å². The maximum atomic E-state index is 12.1. The molecule has 8 heteroatoms. The summed E-state index contributed by atoms with van der Waals surface area (Å²) in [7, 11) is 0. The fourth-order valence-electron chi connectivity index (χ4n) is 2.82. The van der Waals surface area contributed by atoms with Gasteiger partial charge in [0, 0.05) is 11.6 Å². The van der Waals surface area contributed by atoms with Crippen LogP contribution in [0.15, 0.2) is 65.8 Å². The Morgan fingerprint density at radius 1 is 1.07 bits per heavy atom. The fourth-order valence-corrected chi connectivity index (χ4v) is 2.82. The van der Waals surface area contributed by atoms with Gasteiger partial charge >= 0.3 is 5.69 Å². The monoisotopic (exact) mass is 407 g/mol. The van der Waals surface area contributed by atoms with E-state index in [1.54, 1.807) is 6.07 Å². The van der Waals surface area contributed by atoms with Gasteiger partial charge in [-0.25, -0.2) is 5.43 Å². The van der Waals surface area contributed by atoms with E-state index in [9.17, 15) is 14.9 Å². The van der Waals surface area contributed by atoms with E-state index in [2.05, 4.69) is 10.5 Å². The van der Waals surface area contributed by atoms with E-state index in [1.807, 2.05) is 43.3 Å². The second-order valence-electron chi connectivity index (χ2n) is 6.35. The van der Waals surface area contributed by atoms with Crippen molar-refractivity contribution in [2.45, 2.75) is 13.3 Å². The number of nitro benzene ring substituents is 1. The van der Waals surface area contributed by atoms with Crippen LogP contribution in [0.4, 0.5) is 5.69 Å². The van der Waals surface area contributed by atoms with Crippen LogP contribution < -0.4 is 14.9 Å². The molecule has 0 heterocycles. The molecule has 0 saturated heterocycles. The number of nitrogens with zero attached hydrogens (tertiary/aromatic N) is 2. The summed E-state index contributed by atoms with van der Waals surface area (Å²) in [5.41, 5.74) is 2.92. The SMILES string of the molecule is CCCOc1ccc2ccccc2c1/C=N/NC(=O)COc1ccccc1[N+](=O)[O-]. The molecule has 0 aliphatic rings. The molecule has 0 radical (unpaired) electrons. The molecular formula is C22H21N3O5. The average molecular weight is 407 g/mol. The molecule has 0 atom stereocenters. The number of nitrogens with one attached hydrogen (secondary N) is 1. The van der Waals surface area contributed by atoms with Crippen LogP contribution in [0.25, 0.3) is 10.8 Å². The Balaban J connectivity index is 1.69. The van der Waals surface area contributed by atoms with Gasteiger partial charge in [-0.2, -0.15) is 5.10 Å². The van der Waals surface area contributed by atoms with Crippen LogP contribution in [0.2, 0.25) is 0 Å². The lowest BCUT2D eigenvalue weighted by Crippen LogP contribution is -2.24. The van der Waals surface area contributed by atoms with Crippen LogP contribution in [-0.2, 0) is 4.79 Å². The van der Waals surface area contributed by atoms with Crippen LogP contribution in [-0.4, -0.2) is 30.3 Å². The Morgan fingerprint density at radius 3 is 2.63 bits per heavy atom. The zero-order valence-corrected chi connectivity index (χ0v) is 16.4. The molecule has 30 heavy (non-hydrogen) atoms. The number of ether oxygens (including phenoxy) is 2. The van der Waals surface area contributed by atoms with E-state index in [4.69, 9.17) is 9.47 Å². The minimum Gasteiger partial charge on any atom is -0.493 e. The summed E-state index contributed by atoms with van der Waals surface area (Å²) in [5, 5.41) is 17.0. The highest BCUT2D eigenvalue weighted by Crippen LogP contribution is 2.27. The highest BCUT2D eigenvalue weighted by molar-refractivity contribution is 6.02. The van der Waals surface area contributed by atoms with E-state index in [-0.39, 0.29) is 11.4 Å². The standard InChI is InChI=1S/C22H21N3O5/c1-2-13-29-20-12-11-16-7-3-4-8-17(16)18(20)14-23-24-22(26)15-30-21-10-6-5-9-19(21)25(27)28/h3-12,14H,2,13,15H2,1H3,(H,24,26)/b23-14+. The number of benzene rings is 3. The summed E-state index contributed by atoms with van der Waals surface area (Å²) >= 11 is 0. The van der Waals surface area contributed by atoms with Crippen molar-refractivity contribution in [1.82, 2.24) is 5.43 Å². The molecule has 1 N–H and O–H groups in total. The number of carbonyl (C=O) groups excluding carboxylic acids is 1. The molecule has 0 unspecified atom stereocenters. The number of fused-ring (bicyclic) bond motifs is 1. The Kier molecular flexibility index (Phi) is 6.94. The summed E-state index contributed by atoms with van der Waals surface area (Å²) in [6, 6.07) is 17.5. The molecule has 3 aromatic carbocycles. The van der Waals surface area contributed by atoms with Gasteiger partial charge in [-0.15, -0.1) is 0 Å². The van der Waals surface area contributed by atoms with Crippen LogP contribution in [0.1, 0.15) is 18.9 Å². The molecule has 0 aliphatic carbocycles. The van der Waals surface area contributed by atoms with Crippen molar-refractivity contribution in [2.24, 2.45) is 5.10 Å². The molecule has 3 aromatic rings. The van der Waals surface area contributed by atoms with Crippen LogP contribution in [0, 0.1) is 10.1 Å². The Labute approximate surface area is 173 Å². The van der Waals surface area contributed by atoms with Crippen molar-refractivity contribution in [3.05, 3.63) is 76.3 Å². The summed E-state index contributed by atoms with van der Waals surface area (Å²) in [5.74, 6) is 0.149. The second kappa shape index (κ2) is 10.0. The van der Waals surface area contributed by atoms with Crippen molar-refractivity contribution in [3.63, 3.8) is 0 Å².